The summed E-state index contributed by atoms with van der Waals surface area (Å²) in [4.78, 5) is 27.8. The first-order chi connectivity index (χ1) is 13.0. The molecule has 0 saturated carbocycles. The highest BCUT2D eigenvalue weighted by molar-refractivity contribution is 7.18. The topological polar surface area (TPSA) is 94.9 Å². The van der Waals surface area contributed by atoms with E-state index in [1.807, 2.05) is 18.2 Å². The highest BCUT2D eigenvalue weighted by Gasteiger charge is 2.11. The molecule has 0 spiro atoms. The van der Waals surface area contributed by atoms with Crippen LogP contribution >= 0.6 is 11.3 Å². The molecule has 0 saturated heterocycles. The van der Waals surface area contributed by atoms with Gasteiger partial charge in [-0.1, -0.05) is 18.2 Å². The predicted octanol–water partition coefficient (Wildman–Crippen LogP) is 2.40. The van der Waals surface area contributed by atoms with Crippen molar-refractivity contribution < 1.29 is 14.0 Å². The van der Waals surface area contributed by atoms with Gasteiger partial charge in [0.1, 0.15) is 17.4 Å². The largest absolute Gasteiger partial charge is 0.347 e. The molecule has 1 aromatic heterocycles. The zero-order valence-electron chi connectivity index (χ0n) is 14.2. The minimum atomic E-state index is -0.418. The molecule has 8 heteroatoms. The summed E-state index contributed by atoms with van der Waals surface area (Å²) >= 11 is 1.40. The lowest BCUT2D eigenvalue weighted by Crippen LogP contribution is -2.37. The number of rotatable bonds is 6. The van der Waals surface area contributed by atoms with E-state index in [1.165, 1.54) is 23.5 Å². The number of hydrogen-bond donors (Lipinski definition) is 2. The van der Waals surface area contributed by atoms with Gasteiger partial charge in [-0.15, -0.1) is 11.3 Å². The molecule has 0 bridgehead atoms. The predicted molar refractivity (Wildman–Crippen MR) is 100 cm³/mol. The molecule has 0 radical (unpaired) electrons. The Balaban J connectivity index is 1.66. The van der Waals surface area contributed by atoms with Crippen molar-refractivity contribution in [2.45, 2.75) is 6.42 Å². The number of nitriles is 1. The number of carbonyl (C=O) groups is 2. The van der Waals surface area contributed by atoms with Crippen LogP contribution < -0.4 is 10.6 Å². The van der Waals surface area contributed by atoms with Crippen LogP contribution in [-0.2, 0) is 16.0 Å². The Morgan fingerprint density at radius 3 is 2.56 bits per heavy atom. The van der Waals surface area contributed by atoms with Gasteiger partial charge >= 0.3 is 0 Å². The lowest BCUT2D eigenvalue weighted by Gasteiger charge is -2.03. The third kappa shape index (κ3) is 4.86. The third-order valence-electron chi connectivity index (χ3n) is 3.73. The maximum absolute atomic E-state index is 13.1. The first kappa shape index (κ1) is 18.5. The second-order valence-corrected chi connectivity index (χ2v) is 6.80. The fraction of sp³-hybridized carbons (Fsp3) is 0.158. The highest BCUT2D eigenvalue weighted by Crippen LogP contribution is 2.28. The van der Waals surface area contributed by atoms with Gasteiger partial charge < -0.3 is 10.6 Å². The monoisotopic (exact) mass is 382 g/mol. The van der Waals surface area contributed by atoms with Crippen LogP contribution in [0.3, 0.4) is 0 Å². The summed E-state index contributed by atoms with van der Waals surface area (Å²) in [6.45, 7) is -0.275. The zero-order chi connectivity index (χ0) is 19.2. The third-order valence-corrected chi connectivity index (χ3v) is 4.75. The van der Waals surface area contributed by atoms with Crippen molar-refractivity contribution >= 4 is 33.4 Å². The molecule has 0 atom stereocenters. The SMILES string of the molecule is N#CCNC(=O)CNC(=O)Cc1nc2ccc(-c3ccc(F)cc3)cc2s1. The standard InChI is InChI=1S/C19H15FN4O2S/c20-14-4-1-12(2-5-14)13-3-6-15-16(9-13)27-19(24-15)10-17(25)23-11-18(26)22-8-7-21/h1-6,9H,8,10-11H2,(H,22,26)(H,23,25). The lowest BCUT2D eigenvalue weighted by atomic mass is 10.1. The van der Waals surface area contributed by atoms with Gasteiger partial charge in [0.2, 0.25) is 11.8 Å². The van der Waals surface area contributed by atoms with Gasteiger partial charge in [0, 0.05) is 0 Å². The van der Waals surface area contributed by atoms with E-state index in [-0.39, 0.29) is 31.2 Å². The Bertz CT molecular complexity index is 1020. The number of thiazole rings is 1. The molecule has 0 aliphatic heterocycles. The van der Waals surface area contributed by atoms with Gasteiger partial charge in [-0.2, -0.15) is 5.26 Å². The smallest absolute Gasteiger partial charge is 0.240 e. The normalized spacial score (nSPS) is 10.4. The molecule has 2 N–H and O–H groups in total. The van der Waals surface area contributed by atoms with Crippen LogP contribution in [0, 0.1) is 17.1 Å². The van der Waals surface area contributed by atoms with Crippen molar-refractivity contribution in [3.8, 4) is 17.2 Å². The number of carbonyl (C=O) groups excluding carboxylic acids is 2. The molecule has 2 aromatic carbocycles. The van der Waals surface area contributed by atoms with Crippen LogP contribution in [0.1, 0.15) is 5.01 Å². The van der Waals surface area contributed by atoms with E-state index in [0.717, 1.165) is 21.3 Å². The summed E-state index contributed by atoms with van der Waals surface area (Å²) in [5, 5.41) is 13.9. The average molecular weight is 382 g/mol. The molecule has 0 aliphatic rings. The fourth-order valence-electron chi connectivity index (χ4n) is 2.45. The molecule has 136 valence electrons. The van der Waals surface area contributed by atoms with E-state index >= 15 is 0 Å². The summed E-state index contributed by atoms with van der Waals surface area (Å²) in [5.74, 6) is -1.02. The van der Waals surface area contributed by atoms with E-state index in [0.29, 0.717) is 5.01 Å². The summed E-state index contributed by atoms with van der Waals surface area (Å²) in [6, 6.07) is 13.8. The Morgan fingerprint density at radius 1 is 1.07 bits per heavy atom. The molecular weight excluding hydrogens is 367 g/mol. The van der Waals surface area contributed by atoms with Crippen molar-refractivity contribution in [3.05, 3.63) is 53.3 Å². The van der Waals surface area contributed by atoms with Crippen molar-refractivity contribution in [3.63, 3.8) is 0 Å². The fourth-order valence-corrected chi connectivity index (χ4v) is 3.45. The minimum absolute atomic E-state index is 0.0662. The van der Waals surface area contributed by atoms with E-state index in [9.17, 15) is 14.0 Å². The molecule has 6 nitrogen and oxygen atoms in total. The maximum Gasteiger partial charge on any atom is 0.240 e. The van der Waals surface area contributed by atoms with Gasteiger partial charge in [0.25, 0.3) is 0 Å². The molecule has 0 unspecified atom stereocenters. The number of aromatic nitrogens is 1. The molecular formula is C19H15FN4O2S. The van der Waals surface area contributed by atoms with E-state index in [1.54, 1.807) is 18.2 Å². The average Bonchev–Trinajstić information content (AvgIpc) is 3.06. The maximum atomic E-state index is 13.1. The lowest BCUT2D eigenvalue weighted by molar-refractivity contribution is -0.125. The number of benzene rings is 2. The molecule has 3 aromatic rings. The molecule has 2 amide bonds. The van der Waals surface area contributed by atoms with Gasteiger partial charge in [0.05, 0.1) is 29.3 Å². The van der Waals surface area contributed by atoms with Crippen molar-refractivity contribution in [1.82, 2.24) is 15.6 Å². The van der Waals surface area contributed by atoms with Crippen LogP contribution in [-0.4, -0.2) is 29.9 Å². The Kier molecular flexibility index (Phi) is 5.74. The second-order valence-electron chi connectivity index (χ2n) is 5.69. The molecule has 3 rings (SSSR count). The Hall–Kier alpha value is -3.31. The summed E-state index contributed by atoms with van der Waals surface area (Å²) in [5.41, 5.74) is 2.62. The van der Waals surface area contributed by atoms with Gasteiger partial charge in [0.15, 0.2) is 0 Å². The van der Waals surface area contributed by atoms with Crippen LogP contribution in [0.2, 0.25) is 0 Å². The van der Waals surface area contributed by atoms with Crippen molar-refractivity contribution in [2.24, 2.45) is 0 Å². The van der Waals surface area contributed by atoms with Gasteiger partial charge in [-0.05, 0) is 35.4 Å². The summed E-state index contributed by atoms with van der Waals surface area (Å²) in [6.07, 6.45) is 0.0662. The summed E-state index contributed by atoms with van der Waals surface area (Å²) < 4.78 is 14.0. The number of fused-ring (bicyclic) bond motifs is 1. The molecule has 0 aliphatic carbocycles. The van der Waals surface area contributed by atoms with E-state index in [4.69, 9.17) is 5.26 Å². The number of nitrogens with one attached hydrogen (secondary N) is 2. The van der Waals surface area contributed by atoms with Crippen molar-refractivity contribution in [1.29, 1.82) is 5.26 Å². The number of halogens is 1. The van der Waals surface area contributed by atoms with E-state index in [2.05, 4.69) is 15.6 Å². The Labute approximate surface area is 158 Å². The van der Waals surface area contributed by atoms with Crippen LogP contribution in [0.25, 0.3) is 21.3 Å². The molecule has 0 fully saturated rings. The number of amides is 2. The first-order valence-electron chi connectivity index (χ1n) is 8.11. The van der Waals surface area contributed by atoms with Crippen molar-refractivity contribution in [2.75, 3.05) is 13.1 Å². The Morgan fingerprint density at radius 2 is 1.81 bits per heavy atom. The molecule has 27 heavy (non-hydrogen) atoms. The first-order valence-corrected chi connectivity index (χ1v) is 8.92. The van der Waals surface area contributed by atoms with E-state index < -0.39 is 5.91 Å². The van der Waals surface area contributed by atoms with Gasteiger partial charge in [-0.3, -0.25) is 9.59 Å². The van der Waals surface area contributed by atoms with Crippen LogP contribution in [0.4, 0.5) is 4.39 Å². The summed E-state index contributed by atoms with van der Waals surface area (Å²) in [7, 11) is 0. The molecule has 1 heterocycles. The van der Waals surface area contributed by atoms with Gasteiger partial charge in [-0.25, -0.2) is 9.37 Å². The number of hydrogen-bond acceptors (Lipinski definition) is 5. The zero-order valence-corrected chi connectivity index (χ0v) is 15.0. The van der Waals surface area contributed by atoms with Crippen LogP contribution in [0.15, 0.2) is 42.5 Å². The number of nitrogens with zero attached hydrogens (tertiary/aromatic N) is 2. The van der Waals surface area contributed by atoms with Crippen LogP contribution in [0.5, 0.6) is 0 Å². The highest BCUT2D eigenvalue weighted by atomic mass is 32.1. The quantitative estimate of drug-likeness (QED) is 0.640. The second kappa shape index (κ2) is 8.38. The minimum Gasteiger partial charge on any atom is -0.347 e.